The van der Waals surface area contributed by atoms with Crippen molar-refractivity contribution in [2.75, 3.05) is 37.8 Å². The highest BCUT2D eigenvalue weighted by atomic mass is 35.5. The average molecular weight is 484 g/mol. The van der Waals surface area contributed by atoms with Crippen molar-refractivity contribution < 1.29 is 9.59 Å². The Morgan fingerprint density at radius 3 is 2.18 bits per heavy atom. The third kappa shape index (κ3) is 5.34. The highest BCUT2D eigenvalue weighted by Gasteiger charge is 2.27. The number of pyridine rings is 1. The summed E-state index contributed by atoms with van der Waals surface area (Å²) in [6.45, 7) is 1.99. The zero-order valence-electron chi connectivity index (χ0n) is 18.2. The van der Waals surface area contributed by atoms with Crippen molar-refractivity contribution in [2.24, 2.45) is 0 Å². The normalized spacial score (nSPS) is 14.9. The van der Waals surface area contributed by atoms with Gasteiger partial charge >= 0.3 is 0 Å². The van der Waals surface area contributed by atoms with E-state index in [2.05, 4.69) is 39.5 Å². The molecule has 3 aromatic rings. The molecule has 1 aliphatic heterocycles. The van der Waals surface area contributed by atoms with E-state index in [9.17, 15) is 9.59 Å². The van der Waals surface area contributed by atoms with Crippen molar-refractivity contribution in [3.8, 4) is 0 Å². The highest BCUT2D eigenvalue weighted by molar-refractivity contribution is 6.31. The van der Waals surface area contributed by atoms with Gasteiger partial charge in [0.15, 0.2) is 0 Å². The number of amides is 2. The molecule has 2 N–H and O–H groups in total. The van der Waals surface area contributed by atoms with E-state index < -0.39 is 5.91 Å². The molecule has 0 aliphatic carbocycles. The fraction of sp³-hybridized carbons (Fsp3) is 0.208. The Hall–Kier alpha value is -2.97. The second-order valence-electron chi connectivity index (χ2n) is 7.92. The minimum absolute atomic E-state index is 0.190. The molecule has 7 nitrogen and oxygen atoms in total. The van der Waals surface area contributed by atoms with Crippen LogP contribution in [0.1, 0.15) is 32.4 Å². The summed E-state index contributed by atoms with van der Waals surface area (Å²) in [6.07, 6.45) is 1.62. The molecule has 0 atom stereocenters. The van der Waals surface area contributed by atoms with Crippen molar-refractivity contribution >= 4 is 46.5 Å². The van der Waals surface area contributed by atoms with Gasteiger partial charge < -0.3 is 10.6 Å². The predicted octanol–water partition coefficient (Wildman–Crippen LogP) is 4.77. The number of hydrogen-bond donors (Lipinski definition) is 2. The molecule has 1 aromatic heterocycles. The summed E-state index contributed by atoms with van der Waals surface area (Å²) >= 11 is 12.0. The average Bonchev–Trinajstić information content (AvgIpc) is 3.14. The Kier molecular flexibility index (Phi) is 6.95. The van der Waals surface area contributed by atoms with Crippen LogP contribution in [0.4, 0.5) is 11.5 Å². The molecule has 0 radical (unpaired) electrons. The molecule has 2 amide bonds. The molecule has 0 spiro atoms. The molecular weight excluding hydrogens is 461 g/mol. The fourth-order valence-electron chi connectivity index (χ4n) is 3.85. The zero-order chi connectivity index (χ0) is 23.5. The maximum atomic E-state index is 12.9. The lowest BCUT2D eigenvalue weighted by molar-refractivity contribution is 0.102. The smallest absolute Gasteiger partial charge is 0.258 e. The van der Waals surface area contributed by atoms with E-state index in [1.807, 2.05) is 12.1 Å². The highest BCUT2D eigenvalue weighted by Crippen LogP contribution is 2.28. The van der Waals surface area contributed by atoms with Crippen LogP contribution in [0.5, 0.6) is 0 Å². The lowest BCUT2D eigenvalue weighted by atomic mass is 10.1. The standard InChI is InChI=1S/C24H23Cl2N5O2/c1-30-11-12-31(2)24(30)16-5-3-15(4-6-16)22(32)28-20-9-7-17(25)13-19(20)23(33)29-21-10-8-18(26)14-27-21/h3-10,13-14,24H,11-12H2,1-2H3,(H,28,32)(H,27,29,33). The van der Waals surface area contributed by atoms with Gasteiger partial charge in [0.05, 0.1) is 22.4 Å². The summed E-state index contributed by atoms with van der Waals surface area (Å²) in [5.41, 5.74) is 2.17. The van der Waals surface area contributed by atoms with E-state index in [1.165, 1.54) is 12.3 Å². The SMILES string of the molecule is CN1CCN(C)C1c1ccc(C(=O)Nc2ccc(Cl)cc2C(=O)Nc2ccc(Cl)cn2)cc1. The maximum Gasteiger partial charge on any atom is 0.258 e. The van der Waals surface area contributed by atoms with E-state index in [1.54, 1.807) is 36.4 Å². The van der Waals surface area contributed by atoms with E-state index in [-0.39, 0.29) is 17.6 Å². The van der Waals surface area contributed by atoms with Crippen LogP contribution in [0.25, 0.3) is 0 Å². The maximum absolute atomic E-state index is 12.9. The second kappa shape index (κ2) is 9.89. The Labute approximate surface area is 202 Å². The minimum atomic E-state index is -0.453. The summed E-state index contributed by atoms with van der Waals surface area (Å²) < 4.78 is 0. The third-order valence-electron chi connectivity index (χ3n) is 5.55. The number of carbonyl (C=O) groups is 2. The van der Waals surface area contributed by atoms with Crippen LogP contribution in [0.15, 0.2) is 60.8 Å². The summed E-state index contributed by atoms with van der Waals surface area (Å²) in [5, 5.41) is 6.33. The number of likely N-dealkylation sites (N-methyl/N-ethyl adjacent to an activating group) is 2. The molecule has 9 heteroatoms. The van der Waals surface area contributed by atoms with Crippen molar-refractivity contribution in [1.82, 2.24) is 14.8 Å². The number of carbonyl (C=O) groups excluding carboxylic acids is 2. The number of nitrogens with one attached hydrogen (secondary N) is 2. The van der Waals surface area contributed by atoms with Gasteiger partial charge in [0.2, 0.25) is 0 Å². The van der Waals surface area contributed by atoms with Gasteiger partial charge in [-0.3, -0.25) is 19.4 Å². The van der Waals surface area contributed by atoms with Gasteiger partial charge in [0.25, 0.3) is 11.8 Å². The van der Waals surface area contributed by atoms with Crippen LogP contribution in [0, 0.1) is 0 Å². The number of aromatic nitrogens is 1. The minimum Gasteiger partial charge on any atom is -0.321 e. The van der Waals surface area contributed by atoms with Crippen LogP contribution < -0.4 is 10.6 Å². The summed E-state index contributed by atoms with van der Waals surface area (Å²) in [7, 11) is 4.17. The van der Waals surface area contributed by atoms with Crippen molar-refractivity contribution in [2.45, 2.75) is 6.17 Å². The fourth-order valence-corrected chi connectivity index (χ4v) is 4.14. The van der Waals surface area contributed by atoms with Gasteiger partial charge in [-0.15, -0.1) is 0 Å². The Morgan fingerprint density at radius 1 is 0.879 bits per heavy atom. The Morgan fingerprint density at radius 2 is 1.55 bits per heavy atom. The molecule has 1 saturated heterocycles. The van der Waals surface area contributed by atoms with Crippen molar-refractivity contribution in [3.05, 3.63) is 87.5 Å². The van der Waals surface area contributed by atoms with E-state index in [0.717, 1.165) is 18.7 Å². The molecule has 2 aromatic carbocycles. The number of hydrogen-bond acceptors (Lipinski definition) is 5. The van der Waals surface area contributed by atoms with Crippen LogP contribution >= 0.6 is 23.2 Å². The molecule has 0 bridgehead atoms. The topological polar surface area (TPSA) is 77.6 Å². The first-order valence-corrected chi connectivity index (χ1v) is 11.1. The molecule has 0 unspecified atom stereocenters. The van der Waals surface area contributed by atoms with E-state index >= 15 is 0 Å². The molecular formula is C24H23Cl2N5O2. The van der Waals surface area contributed by atoms with Crippen LogP contribution in [-0.2, 0) is 0 Å². The molecule has 2 heterocycles. The molecule has 4 rings (SSSR count). The number of benzene rings is 2. The first-order valence-electron chi connectivity index (χ1n) is 10.4. The Balaban J connectivity index is 1.51. The molecule has 0 saturated carbocycles. The first-order chi connectivity index (χ1) is 15.8. The monoisotopic (exact) mass is 483 g/mol. The molecule has 33 heavy (non-hydrogen) atoms. The number of anilines is 2. The molecule has 170 valence electrons. The molecule has 1 fully saturated rings. The van der Waals surface area contributed by atoms with Gasteiger partial charge in [-0.25, -0.2) is 4.98 Å². The largest absolute Gasteiger partial charge is 0.321 e. The van der Waals surface area contributed by atoms with E-state index in [4.69, 9.17) is 23.2 Å². The van der Waals surface area contributed by atoms with E-state index in [0.29, 0.717) is 27.1 Å². The molecule has 1 aliphatic rings. The third-order valence-corrected chi connectivity index (χ3v) is 6.01. The second-order valence-corrected chi connectivity index (χ2v) is 8.79. The van der Waals surface area contributed by atoms with Crippen LogP contribution in [-0.4, -0.2) is 53.8 Å². The van der Waals surface area contributed by atoms with Gasteiger partial charge in [-0.2, -0.15) is 0 Å². The lowest BCUT2D eigenvalue weighted by Gasteiger charge is -2.25. The zero-order valence-corrected chi connectivity index (χ0v) is 19.7. The summed E-state index contributed by atoms with van der Waals surface area (Å²) in [5.74, 6) is -0.444. The lowest BCUT2D eigenvalue weighted by Crippen LogP contribution is -2.25. The number of halogens is 2. The van der Waals surface area contributed by atoms with Gasteiger partial charge in [-0.1, -0.05) is 35.3 Å². The van der Waals surface area contributed by atoms with Crippen molar-refractivity contribution in [3.63, 3.8) is 0 Å². The number of nitrogens with zero attached hydrogens (tertiary/aromatic N) is 3. The quantitative estimate of drug-likeness (QED) is 0.546. The number of rotatable bonds is 5. The van der Waals surface area contributed by atoms with Crippen LogP contribution in [0.3, 0.4) is 0 Å². The van der Waals surface area contributed by atoms with Gasteiger partial charge in [0, 0.05) is 29.9 Å². The van der Waals surface area contributed by atoms with Gasteiger partial charge in [0.1, 0.15) is 5.82 Å². The van der Waals surface area contributed by atoms with Crippen LogP contribution in [0.2, 0.25) is 10.0 Å². The van der Waals surface area contributed by atoms with Crippen molar-refractivity contribution in [1.29, 1.82) is 0 Å². The Bertz CT molecular complexity index is 1160. The van der Waals surface area contributed by atoms with Gasteiger partial charge in [-0.05, 0) is 62.1 Å². The summed E-state index contributed by atoms with van der Waals surface area (Å²) in [6, 6.07) is 15.4. The first kappa shape index (κ1) is 23.2. The predicted molar refractivity (Wildman–Crippen MR) is 131 cm³/mol. The summed E-state index contributed by atoms with van der Waals surface area (Å²) in [4.78, 5) is 34.3.